The number of carbonyl (C=O) groups is 2. The Labute approximate surface area is 188 Å². The van der Waals surface area contributed by atoms with E-state index in [0.29, 0.717) is 22.3 Å². The molecule has 0 saturated carbocycles. The molecule has 164 valence electrons. The number of ether oxygens (including phenoxy) is 2. The molecule has 1 aliphatic heterocycles. The quantitative estimate of drug-likeness (QED) is 0.475. The average molecular weight is 441 g/mol. The summed E-state index contributed by atoms with van der Waals surface area (Å²) in [4.78, 5) is 38.6. The highest BCUT2D eigenvalue weighted by molar-refractivity contribution is 6.13. The van der Waals surface area contributed by atoms with E-state index in [9.17, 15) is 14.4 Å². The fourth-order valence-electron chi connectivity index (χ4n) is 3.78. The van der Waals surface area contributed by atoms with E-state index in [0.717, 1.165) is 5.56 Å². The van der Waals surface area contributed by atoms with Crippen LogP contribution in [0.1, 0.15) is 33.3 Å². The monoisotopic (exact) mass is 441 g/mol. The lowest BCUT2D eigenvalue weighted by Crippen LogP contribution is -2.28. The van der Waals surface area contributed by atoms with Crippen LogP contribution in [0.3, 0.4) is 0 Å². The van der Waals surface area contributed by atoms with E-state index in [4.69, 9.17) is 9.47 Å². The number of nitrogens with zero attached hydrogens (tertiary/aromatic N) is 2. The van der Waals surface area contributed by atoms with Gasteiger partial charge in [0.15, 0.2) is 23.0 Å². The van der Waals surface area contributed by atoms with Crippen molar-refractivity contribution in [3.8, 4) is 11.5 Å². The molecule has 0 bridgehead atoms. The van der Waals surface area contributed by atoms with Gasteiger partial charge < -0.3 is 14.8 Å². The Morgan fingerprint density at radius 1 is 0.970 bits per heavy atom. The van der Waals surface area contributed by atoms with Crippen LogP contribution in [-0.4, -0.2) is 28.3 Å². The van der Waals surface area contributed by atoms with Gasteiger partial charge in [-0.1, -0.05) is 48.5 Å². The third-order valence-corrected chi connectivity index (χ3v) is 5.40. The maximum Gasteiger partial charge on any atom is 0.276 e. The number of amides is 1. The maximum absolute atomic E-state index is 13.3. The van der Waals surface area contributed by atoms with Crippen molar-refractivity contribution in [1.29, 1.82) is 0 Å². The van der Waals surface area contributed by atoms with E-state index in [-0.39, 0.29) is 41.6 Å². The Hall–Kier alpha value is -4.46. The van der Waals surface area contributed by atoms with Crippen LogP contribution in [-0.2, 0) is 6.54 Å². The Kier molecular flexibility index (Phi) is 5.10. The second kappa shape index (κ2) is 8.23. The number of rotatable bonds is 5. The van der Waals surface area contributed by atoms with Gasteiger partial charge in [0.2, 0.25) is 6.79 Å². The predicted molar refractivity (Wildman–Crippen MR) is 122 cm³/mol. The van der Waals surface area contributed by atoms with Crippen LogP contribution in [0.25, 0.3) is 10.8 Å². The standard InChI is InChI=1S/C25H19N3O5/c1-15(29)19-11-21-22(33-14-32-21)12-20(19)26-24(30)23-17-9-5-6-10-18(17)25(31)28(27-23)13-16-7-3-2-4-8-16/h2-12H,13-14H2,1H3,(H,26,30). The molecule has 0 aliphatic carbocycles. The molecule has 1 amide bonds. The van der Waals surface area contributed by atoms with Crippen molar-refractivity contribution < 1.29 is 19.1 Å². The van der Waals surface area contributed by atoms with Gasteiger partial charge in [0, 0.05) is 17.0 Å². The number of carbonyl (C=O) groups excluding carboxylic acids is 2. The first-order valence-corrected chi connectivity index (χ1v) is 10.3. The lowest BCUT2D eigenvalue weighted by molar-refractivity contribution is 0.101. The highest BCUT2D eigenvalue weighted by Gasteiger charge is 2.23. The minimum absolute atomic E-state index is 0.0424. The van der Waals surface area contributed by atoms with Crippen LogP contribution in [0.15, 0.2) is 71.5 Å². The van der Waals surface area contributed by atoms with Gasteiger partial charge in [0.25, 0.3) is 11.5 Å². The SMILES string of the molecule is CC(=O)c1cc2c(cc1NC(=O)c1nn(Cc3ccccc3)c(=O)c3ccccc13)OCO2. The second-order valence-electron chi connectivity index (χ2n) is 7.60. The minimum Gasteiger partial charge on any atom is -0.454 e. The van der Waals surface area contributed by atoms with Crippen LogP contribution >= 0.6 is 0 Å². The molecule has 1 aromatic heterocycles. The normalized spacial score (nSPS) is 12.0. The number of hydrogen-bond donors (Lipinski definition) is 1. The van der Waals surface area contributed by atoms with Crippen molar-refractivity contribution in [3.63, 3.8) is 0 Å². The summed E-state index contributed by atoms with van der Waals surface area (Å²) < 4.78 is 12.0. The number of Topliss-reactive ketones (excluding diaryl/α,β-unsaturated/α-hetero) is 1. The van der Waals surface area contributed by atoms with Crippen LogP contribution in [0.5, 0.6) is 11.5 Å². The molecule has 2 heterocycles. The number of ketones is 1. The molecular weight excluding hydrogens is 422 g/mol. The molecule has 3 aromatic carbocycles. The summed E-state index contributed by atoms with van der Waals surface area (Å²) in [5, 5.41) is 7.96. The topological polar surface area (TPSA) is 99.5 Å². The summed E-state index contributed by atoms with van der Waals surface area (Å²) in [6, 6.07) is 19.3. The van der Waals surface area contributed by atoms with Gasteiger partial charge in [-0.25, -0.2) is 4.68 Å². The molecular formula is C25H19N3O5. The number of benzene rings is 3. The van der Waals surface area contributed by atoms with E-state index in [1.165, 1.54) is 11.6 Å². The maximum atomic E-state index is 13.3. The molecule has 8 nitrogen and oxygen atoms in total. The number of nitrogens with one attached hydrogen (secondary N) is 1. The third-order valence-electron chi connectivity index (χ3n) is 5.40. The molecule has 1 aliphatic rings. The van der Waals surface area contributed by atoms with Gasteiger partial charge in [0.1, 0.15) is 0 Å². The third kappa shape index (κ3) is 3.82. The zero-order valence-electron chi connectivity index (χ0n) is 17.7. The van der Waals surface area contributed by atoms with Crippen LogP contribution in [0.2, 0.25) is 0 Å². The van der Waals surface area contributed by atoms with E-state index < -0.39 is 5.91 Å². The van der Waals surface area contributed by atoms with Crippen molar-refractivity contribution >= 4 is 28.2 Å². The van der Waals surface area contributed by atoms with Gasteiger partial charge in [-0.05, 0) is 24.6 Å². The summed E-state index contributed by atoms with van der Waals surface area (Å²) in [5.41, 5.74) is 1.23. The zero-order valence-corrected chi connectivity index (χ0v) is 17.7. The molecule has 0 saturated heterocycles. The summed E-state index contributed by atoms with van der Waals surface area (Å²) in [6.45, 7) is 1.66. The fourth-order valence-corrected chi connectivity index (χ4v) is 3.78. The van der Waals surface area contributed by atoms with Gasteiger partial charge >= 0.3 is 0 Å². The number of fused-ring (bicyclic) bond motifs is 2. The lowest BCUT2D eigenvalue weighted by atomic mass is 10.1. The molecule has 0 spiro atoms. The van der Waals surface area contributed by atoms with E-state index >= 15 is 0 Å². The average Bonchev–Trinajstić information content (AvgIpc) is 3.28. The van der Waals surface area contributed by atoms with Crippen molar-refractivity contribution in [2.75, 3.05) is 12.1 Å². The number of aromatic nitrogens is 2. The fraction of sp³-hybridized carbons (Fsp3) is 0.120. The van der Waals surface area contributed by atoms with Gasteiger partial charge in [-0.15, -0.1) is 0 Å². The number of anilines is 1. The van der Waals surface area contributed by atoms with Gasteiger partial charge in [-0.2, -0.15) is 5.10 Å². The molecule has 33 heavy (non-hydrogen) atoms. The zero-order chi connectivity index (χ0) is 22.9. The first-order valence-electron chi connectivity index (χ1n) is 10.3. The molecule has 5 rings (SSSR count). The summed E-state index contributed by atoms with van der Waals surface area (Å²) in [5.74, 6) is 0.0881. The Morgan fingerprint density at radius 3 is 2.36 bits per heavy atom. The van der Waals surface area contributed by atoms with E-state index in [1.54, 1.807) is 36.4 Å². The molecule has 8 heteroatoms. The van der Waals surface area contributed by atoms with Crippen LogP contribution < -0.4 is 20.3 Å². The Bertz CT molecular complexity index is 1460. The van der Waals surface area contributed by atoms with Crippen molar-refractivity contribution in [2.24, 2.45) is 0 Å². The predicted octanol–water partition coefficient (Wildman–Crippen LogP) is 3.63. The molecule has 0 fully saturated rings. The van der Waals surface area contributed by atoms with Crippen molar-refractivity contribution in [1.82, 2.24) is 9.78 Å². The first kappa shape index (κ1) is 20.4. The molecule has 1 N–H and O–H groups in total. The number of hydrogen-bond acceptors (Lipinski definition) is 6. The van der Waals surface area contributed by atoms with Crippen LogP contribution in [0, 0.1) is 0 Å². The second-order valence-corrected chi connectivity index (χ2v) is 7.60. The lowest BCUT2D eigenvalue weighted by Gasteiger charge is -2.13. The largest absolute Gasteiger partial charge is 0.454 e. The Balaban J connectivity index is 1.59. The molecule has 0 atom stereocenters. The smallest absolute Gasteiger partial charge is 0.276 e. The molecule has 0 unspecified atom stereocenters. The van der Waals surface area contributed by atoms with Crippen LogP contribution in [0.4, 0.5) is 5.69 Å². The van der Waals surface area contributed by atoms with Gasteiger partial charge in [-0.3, -0.25) is 14.4 Å². The van der Waals surface area contributed by atoms with Crippen molar-refractivity contribution in [3.05, 3.63) is 93.9 Å². The summed E-state index contributed by atoms with van der Waals surface area (Å²) in [6.07, 6.45) is 0. The Morgan fingerprint density at radius 2 is 1.64 bits per heavy atom. The molecule has 4 aromatic rings. The first-order chi connectivity index (χ1) is 16.0. The minimum atomic E-state index is -0.547. The van der Waals surface area contributed by atoms with E-state index in [1.807, 2.05) is 30.3 Å². The summed E-state index contributed by atoms with van der Waals surface area (Å²) in [7, 11) is 0. The van der Waals surface area contributed by atoms with E-state index in [2.05, 4.69) is 10.4 Å². The highest BCUT2D eigenvalue weighted by atomic mass is 16.7. The summed E-state index contributed by atoms with van der Waals surface area (Å²) >= 11 is 0. The highest BCUT2D eigenvalue weighted by Crippen LogP contribution is 2.37. The van der Waals surface area contributed by atoms with Crippen molar-refractivity contribution in [2.45, 2.75) is 13.5 Å². The van der Waals surface area contributed by atoms with Gasteiger partial charge in [0.05, 0.1) is 17.6 Å². The molecule has 0 radical (unpaired) electrons.